The second kappa shape index (κ2) is 9.65. The molecule has 5 atom stereocenters. The van der Waals surface area contributed by atoms with Crippen molar-refractivity contribution in [2.24, 2.45) is 0 Å². The topological polar surface area (TPSA) is 114 Å². The summed E-state index contributed by atoms with van der Waals surface area (Å²) in [6.07, 6.45) is -5.50. The quantitative estimate of drug-likeness (QED) is 0.464. The second-order valence-electron chi connectivity index (χ2n) is 5.91. The van der Waals surface area contributed by atoms with Crippen molar-refractivity contribution >= 4 is 47.4 Å². The fourth-order valence-electron chi connectivity index (χ4n) is 2.85. The molecule has 0 radical (unpaired) electrons. The molecule has 0 aliphatic carbocycles. The van der Waals surface area contributed by atoms with Gasteiger partial charge < -0.3 is 23.7 Å². The highest BCUT2D eigenvalue weighted by Gasteiger charge is 2.55. The largest absolute Gasteiger partial charge is 0.456 e. The molecule has 2 saturated heterocycles. The Balaban J connectivity index is 2.42. The summed E-state index contributed by atoms with van der Waals surface area (Å²) in [5, 5.41) is 0. The number of carbonyl (C=O) groups excluding carboxylic acids is 4. The minimum absolute atomic E-state index is 0.135. The number of hydrogen-bond acceptors (Lipinski definition) is 11. The van der Waals surface area contributed by atoms with Gasteiger partial charge in [0.05, 0.1) is 4.58 Å². The van der Waals surface area contributed by atoms with E-state index in [0.29, 0.717) is 0 Å². The normalized spacial score (nSPS) is 31.0. The molecule has 0 bridgehead atoms. The molecular formula is C16H22O9S2. The van der Waals surface area contributed by atoms with Crippen LogP contribution < -0.4 is 0 Å². The van der Waals surface area contributed by atoms with E-state index < -0.39 is 54.6 Å². The Bertz CT molecular complexity index is 590. The Morgan fingerprint density at radius 1 is 0.704 bits per heavy atom. The van der Waals surface area contributed by atoms with Crippen LogP contribution >= 0.6 is 23.5 Å². The number of ether oxygens (including phenoxy) is 5. The number of thioether (sulfide) groups is 2. The maximum absolute atomic E-state index is 11.7. The second-order valence-corrected chi connectivity index (χ2v) is 8.71. The van der Waals surface area contributed by atoms with Crippen LogP contribution in [0.1, 0.15) is 27.7 Å². The van der Waals surface area contributed by atoms with E-state index >= 15 is 0 Å². The summed E-state index contributed by atoms with van der Waals surface area (Å²) in [4.78, 5) is 46.4. The Morgan fingerprint density at radius 2 is 1.15 bits per heavy atom. The van der Waals surface area contributed by atoms with Crippen LogP contribution in [0.3, 0.4) is 0 Å². The van der Waals surface area contributed by atoms with E-state index in [1.54, 1.807) is 23.5 Å². The Kier molecular flexibility index (Phi) is 7.80. The fourth-order valence-corrected chi connectivity index (χ4v) is 5.86. The molecule has 11 heteroatoms. The predicted molar refractivity (Wildman–Crippen MR) is 95.8 cm³/mol. The number of rotatable bonds is 5. The monoisotopic (exact) mass is 422 g/mol. The summed E-state index contributed by atoms with van der Waals surface area (Å²) >= 11 is 3.19. The van der Waals surface area contributed by atoms with Crippen molar-refractivity contribution < 1.29 is 42.9 Å². The predicted octanol–water partition coefficient (Wildman–Crippen LogP) is 0.876. The van der Waals surface area contributed by atoms with Gasteiger partial charge in [-0.05, 0) is 0 Å². The first-order chi connectivity index (χ1) is 12.7. The highest BCUT2D eigenvalue weighted by molar-refractivity contribution is 8.20. The molecule has 0 aromatic rings. The minimum atomic E-state index is -1.30. The molecular weight excluding hydrogens is 400 g/mol. The number of esters is 4. The molecule has 0 saturated carbocycles. The van der Waals surface area contributed by atoms with Gasteiger partial charge in [-0.15, -0.1) is 23.5 Å². The highest BCUT2D eigenvalue weighted by Crippen LogP contribution is 2.42. The van der Waals surface area contributed by atoms with Crippen LogP contribution in [0.15, 0.2) is 0 Å². The molecule has 0 aromatic carbocycles. The zero-order valence-corrected chi connectivity index (χ0v) is 17.0. The van der Waals surface area contributed by atoms with Crippen molar-refractivity contribution in [2.75, 3.05) is 11.5 Å². The lowest BCUT2D eigenvalue weighted by Gasteiger charge is -2.45. The molecule has 27 heavy (non-hydrogen) atoms. The smallest absolute Gasteiger partial charge is 0.305 e. The van der Waals surface area contributed by atoms with Crippen LogP contribution in [-0.4, -0.2) is 70.7 Å². The van der Waals surface area contributed by atoms with Gasteiger partial charge in [-0.2, -0.15) is 0 Å². The standard InChI is InChI=1S/C16H22O9S2/c1-7(17)21-11-12(22-8(2)18)14(16-26-5-6-27-16)25-15(24-10(4)20)13(11)23-9(3)19/h11-16H,5-6H2,1-4H3/t11-,12+,13+,14-,15+/m1/s1. The van der Waals surface area contributed by atoms with E-state index in [0.717, 1.165) is 18.4 Å². The number of carbonyl (C=O) groups is 4. The summed E-state index contributed by atoms with van der Waals surface area (Å²) in [5.74, 6) is -0.885. The van der Waals surface area contributed by atoms with Crippen LogP contribution in [0.2, 0.25) is 0 Å². The average Bonchev–Trinajstić information content (AvgIpc) is 3.05. The molecule has 0 amide bonds. The lowest BCUT2D eigenvalue weighted by molar-refractivity contribution is -0.293. The lowest BCUT2D eigenvalue weighted by Crippen LogP contribution is -2.63. The van der Waals surface area contributed by atoms with Crippen molar-refractivity contribution in [3.8, 4) is 0 Å². The van der Waals surface area contributed by atoms with Gasteiger partial charge in [0.25, 0.3) is 0 Å². The van der Waals surface area contributed by atoms with Crippen LogP contribution in [0.4, 0.5) is 0 Å². The third-order valence-electron chi connectivity index (χ3n) is 3.63. The van der Waals surface area contributed by atoms with Crippen molar-refractivity contribution in [3.63, 3.8) is 0 Å². The summed E-state index contributed by atoms with van der Waals surface area (Å²) in [6.45, 7) is 4.74. The summed E-state index contributed by atoms with van der Waals surface area (Å²) in [6, 6.07) is 0. The van der Waals surface area contributed by atoms with E-state index in [-0.39, 0.29) is 4.58 Å². The first kappa shape index (κ1) is 21.8. The Morgan fingerprint density at radius 3 is 1.63 bits per heavy atom. The maximum atomic E-state index is 11.7. The molecule has 0 aromatic heterocycles. The van der Waals surface area contributed by atoms with Crippen LogP contribution in [0.25, 0.3) is 0 Å². The molecule has 0 N–H and O–H groups in total. The zero-order chi connectivity index (χ0) is 20.1. The molecule has 0 spiro atoms. The van der Waals surface area contributed by atoms with Crippen molar-refractivity contribution in [2.45, 2.75) is 63.0 Å². The minimum Gasteiger partial charge on any atom is -0.456 e. The Hall–Kier alpha value is -1.46. The summed E-state index contributed by atoms with van der Waals surface area (Å²) < 4.78 is 26.9. The van der Waals surface area contributed by atoms with Crippen LogP contribution in [0.5, 0.6) is 0 Å². The van der Waals surface area contributed by atoms with Crippen molar-refractivity contribution in [1.29, 1.82) is 0 Å². The Labute approximate surface area is 165 Å². The van der Waals surface area contributed by atoms with Crippen molar-refractivity contribution in [1.82, 2.24) is 0 Å². The molecule has 2 aliphatic rings. The van der Waals surface area contributed by atoms with Crippen LogP contribution in [-0.2, 0) is 42.9 Å². The fraction of sp³-hybridized carbons (Fsp3) is 0.750. The van der Waals surface area contributed by atoms with Crippen molar-refractivity contribution in [3.05, 3.63) is 0 Å². The lowest BCUT2D eigenvalue weighted by atomic mass is 9.98. The number of hydrogen-bond donors (Lipinski definition) is 0. The van der Waals surface area contributed by atoms with Gasteiger partial charge in [-0.25, -0.2) is 0 Å². The van der Waals surface area contributed by atoms with Gasteiger partial charge in [0, 0.05) is 39.2 Å². The molecule has 2 fully saturated rings. The molecule has 9 nitrogen and oxygen atoms in total. The van der Waals surface area contributed by atoms with Crippen LogP contribution in [0, 0.1) is 0 Å². The zero-order valence-electron chi connectivity index (χ0n) is 15.4. The molecule has 2 heterocycles. The molecule has 152 valence electrons. The van der Waals surface area contributed by atoms with E-state index in [2.05, 4.69) is 0 Å². The summed E-state index contributed by atoms with van der Waals surface area (Å²) in [5.41, 5.74) is 0. The van der Waals surface area contributed by atoms with E-state index in [1.807, 2.05) is 0 Å². The van der Waals surface area contributed by atoms with Gasteiger partial charge in [0.1, 0.15) is 6.10 Å². The molecule has 0 unspecified atom stereocenters. The van der Waals surface area contributed by atoms with Gasteiger partial charge in [0.2, 0.25) is 12.4 Å². The highest BCUT2D eigenvalue weighted by atomic mass is 32.2. The molecule has 2 rings (SSSR count). The third kappa shape index (κ3) is 6.01. The van der Waals surface area contributed by atoms with Gasteiger partial charge in [0.15, 0.2) is 12.2 Å². The summed E-state index contributed by atoms with van der Waals surface area (Å²) in [7, 11) is 0. The van der Waals surface area contributed by atoms with E-state index in [9.17, 15) is 19.2 Å². The van der Waals surface area contributed by atoms with Gasteiger partial charge in [-0.3, -0.25) is 19.2 Å². The van der Waals surface area contributed by atoms with E-state index in [1.165, 1.54) is 20.8 Å². The maximum Gasteiger partial charge on any atom is 0.305 e. The van der Waals surface area contributed by atoms with Gasteiger partial charge in [-0.1, -0.05) is 0 Å². The van der Waals surface area contributed by atoms with Gasteiger partial charge >= 0.3 is 23.9 Å². The third-order valence-corrected chi connectivity index (χ3v) is 6.78. The molecule has 2 aliphatic heterocycles. The SMILES string of the molecule is CC(=O)O[C@H]1O[C@@H](C2SCCS2)[C@@H](OC(C)=O)[C@@H](OC(C)=O)[C@@H]1OC(C)=O. The first-order valence-electron chi connectivity index (χ1n) is 8.26. The van der Waals surface area contributed by atoms with E-state index in [4.69, 9.17) is 23.7 Å². The first-order valence-corrected chi connectivity index (χ1v) is 10.4. The average molecular weight is 422 g/mol.